The van der Waals surface area contributed by atoms with Gasteiger partial charge in [-0.1, -0.05) is 13.8 Å². The number of hydrogen-bond donors (Lipinski definition) is 0. The van der Waals surface area contributed by atoms with E-state index in [1.54, 1.807) is 12.1 Å². The van der Waals surface area contributed by atoms with Crippen LogP contribution < -0.4 is 4.74 Å². The van der Waals surface area contributed by atoms with Gasteiger partial charge in [0.15, 0.2) is 6.29 Å². The molecule has 0 radical (unpaired) electrons. The molecule has 0 bridgehead atoms. The molecule has 0 saturated heterocycles. The molecule has 0 saturated carbocycles. The summed E-state index contributed by atoms with van der Waals surface area (Å²) >= 11 is 0. The van der Waals surface area contributed by atoms with Crippen LogP contribution in [0.5, 0.6) is 6.01 Å². The third kappa shape index (κ3) is 3.47. The van der Waals surface area contributed by atoms with Gasteiger partial charge < -0.3 is 4.74 Å². The van der Waals surface area contributed by atoms with Crippen molar-refractivity contribution in [1.82, 2.24) is 9.97 Å². The predicted octanol–water partition coefficient (Wildman–Crippen LogP) is 4.01. The Morgan fingerprint density at radius 3 is 2.23 bits per heavy atom. The number of aldehydes is 1. The number of nitrogens with zero attached hydrogens (tertiary/aromatic N) is 2. The minimum absolute atomic E-state index is 0.0388. The molecule has 1 aromatic heterocycles. The smallest absolute Gasteiger partial charge is 0.317 e. The van der Waals surface area contributed by atoms with Gasteiger partial charge in [-0.15, -0.1) is 0 Å². The molecule has 2 rings (SSSR count). The Kier molecular flexibility index (Phi) is 4.85. The Balaban J connectivity index is 2.65. The van der Waals surface area contributed by atoms with Gasteiger partial charge in [-0.2, -0.15) is 9.97 Å². The number of carbonyl (C=O) groups is 1. The maximum absolute atomic E-state index is 13.1. The van der Waals surface area contributed by atoms with E-state index in [1.807, 2.05) is 27.7 Å². The Hall–Kier alpha value is -2.30. The average molecular weight is 302 g/mol. The van der Waals surface area contributed by atoms with E-state index in [2.05, 4.69) is 9.97 Å². The van der Waals surface area contributed by atoms with Gasteiger partial charge in [0.1, 0.15) is 5.82 Å². The van der Waals surface area contributed by atoms with Crippen molar-refractivity contribution < 1.29 is 13.9 Å². The van der Waals surface area contributed by atoms with Crippen molar-refractivity contribution in [2.24, 2.45) is 0 Å². The van der Waals surface area contributed by atoms with E-state index in [0.717, 1.165) is 6.29 Å². The molecule has 0 aliphatic rings. The highest BCUT2D eigenvalue weighted by molar-refractivity contribution is 5.87. The molecule has 116 valence electrons. The van der Waals surface area contributed by atoms with Crippen LogP contribution in [0.1, 0.15) is 49.7 Å². The lowest BCUT2D eigenvalue weighted by atomic mass is 9.99. The molecule has 0 unspecified atom stereocenters. The van der Waals surface area contributed by atoms with Crippen LogP contribution in [0, 0.1) is 5.82 Å². The Bertz CT molecular complexity index is 667. The Labute approximate surface area is 129 Å². The second-order valence-corrected chi connectivity index (χ2v) is 5.60. The molecule has 5 heteroatoms. The van der Waals surface area contributed by atoms with Crippen LogP contribution in [0.3, 0.4) is 0 Å². The number of rotatable bonds is 5. The van der Waals surface area contributed by atoms with Crippen molar-refractivity contribution >= 4 is 6.29 Å². The largest absolute Gasteiger partial charge is 0.461 e. The fraction of sp³-hybridized carbons (Fsp3) is 0.353. The normalized spacial score (nSPS) is 11.0. The monoisotopic (exact) mass is 302 g/mol. The van der Waals surface area contributed by atoms with E-state index < -0.39 is 0 Å². The Morgan fingerprint density at radius 2 is 1.73 bits per heavy atom. The summed E-state index contributed by atoms with van der Waals surface area (Å²) in [5.74, 6) is -0.301. The molecule has 0 aliphatic heterocycles. The van der Waals surface area contributed by atoms with Gasteiger partial charge in [0.25, 0.3) is 0 Å². The number of hydrogen-bond acceptors (Lipinski definition) is 4. The summed E-state index contributed by atoms with van der Waals surface area (Å²) in [6.07, 6.45) is 0.663. The van der Waals surface area contributed by atoms with Gasteiger partial charge >= 0.3 is 6.01 Å². The first-order valence-electron chi connectivity index (χ1n) is 7.22. The molecular formula is C17H19FN2O2. The van der Waals surface area contributed by atoms with Crippen molar-refractivity contribution in [3.8, 4) is 17.3 Å². The first-order valence-corrected chi connectivity index (χ1v) is 7.22. The highest BCUT2D eigenvalue weighted by Gasteiger charge is 2.19. The maximum atomic E-state index is 13.1. The second kappa shape index (κ2) is 6.64. The first-order chi connectivity index (χ1) is 10.4. The summed E-state index contributed by atoms with van der Waals surface area (Å²) in [5.41, 5.74) is 2.16. The lowest BCUT2D eigenvalue weighted by molar-refractivity contribution is 0.112. The van der Waals surface area contributed by atoms with Gasteiger partial charge in [0.05, 0.1) is 23.1 Å². The maximum Gasteiger partial charge on any atom is 0.317 e. The summed E-state index contributed by atoms with van der Waals surface area (Å²) in [4.78, 5) is 20.2. The SMILES string of the molecule is CC(C)Oc1nc(-c2ccc(F)cc2)c(C=O)c(C(C)C)n1. The molecule has 0 spiro atoms. The summed E-state index contributed by atoms with van der Waals surface area (Å²) < 4.78 is 18.7. The molecular weight excluding hydrogens is 283 g/mol. The number of halogens is 1. The third-order valence-corrected chi connectivity index (χ3v) is 3.08. The summed E-state index contributed by atoms with van der Waals surface area (Å²) in [6.45, 7) is 7.65. The minimum atomic E-state index is -0.340. The standard InChI is InChI=1S/C17H19FN2O2/c1-10(2)15-14(9-21)16(12-5-7-13(18)8-6-12)20-17(19-15)22-11(3)4/h5-11H,1-4H3. The zero-order valence-electron chi connectivity index (χ0n) is 13.1. The lowest BCUT2D eigenvalue weighted by Gasteiger charge is -2.15. The van der Waals surface area contributed by atoms with E-state index >= 15 is 0 Å². The number of aromatic nitrogens is 2. The van der Waals surface area contributed by atoms with E-state index in [0.29, 0.717) is 22.5 Å². The van der Waals surface area contributed by atoms with Gasteiger partial charge in [0, 0.05) is 5.56 Å². The molecule has 1 aromatic carbocycles. The third-order valence-electron chi connectivity index (χ3n) is 3.08. The Morgan fingerprint density at radius 1 is 1.09 bits per heavy atom. The van der Waals surface area contributed by atoms with Crippen LogP contribution in [0.25, 0.3) is 11.3 Å². The van der Waals surface area contributed by atoms with Crippen molar-refractivity contribution in [1.29, 1.82) is 0 Å². The fourth-order valence-corrected chi connectivity index (χ4v) is 2.11. The highest BCUT2D eigenvalue weighted by Crippen LogP contribution is 2.28. The van der Waals surface area contributed by atoms with E-state index in [4.69, 9.17) is 4.74 Å². The molecule has 0 atom stereocenters. The molecule has 22 heavy (non-hydrogen) atoms. The van der Waals surface area contributed by atoms with Crippen LogP contribution in [-0.2, 0) is 0 Å². The summed E-state index contributed by atoms with van der Waals surface area (Å²) in [6, 6.07) is 6.08. The van der Waals surface area contributed by atoms with Crippen molar-refractivity contribution in [3.05, 3.63) is 41.3 Å². The van der Waals surface area contributed by atoms with Crippen molar-refractivity contribution in [3.63, 3.8) is 0 Å². The fourth-order valence-electron chi connectivity index (χ4n) is 2.11. The van der Waals surface area contributed by atoms with E-state index in [-0.39, 0.29) is 23.8 Å². The van der Waals surface area contributed by atoms with Crippen molar-refractivity contribution in [2.75, 3.05) is 0 Å². The first kappa shape index (κ1) is 16.1. The van der Waals surface area contributed by atoms with Crippen LogP contribution >= 0.6 is 0 Å². The number of benzene rings is 1. The highest BCUT2D eigenvalue weighted by atomic mass is 19.1. The molecule has 2 aromatic rings. The van der Waals surface area contributed by atoms with Crippen LogP contribution in [-0.4, -0.2) is 22.4 Å². The van der Waals surface area contributed by atoms with Gasteiger partial charge in [-0.05, 0) is 44.0 Å². The zero-order chi connectivity index (χ0) is 16.3. The lowest BCUT2D eigenvalue weighted by Crippen LogP contribution is -2.12. The zero-order valence-corrected chi connectivity index (χ0v) is 13.1. The molecule has 0 N–H and O–H groups in total. The van der Waals surface area contributed by atoms with Crippen LogP contribution in [0.15, 0.2) is 24.3 Å². The summed E-state index contributed by atoms with van der Waals surface area (Å²) in [5, 5.41) is 0. The van der Waals surface area contributed by atoms with E-state index in [9.17, 15) is 9.18 Å². The quantitative estimate of drug-likeness (QED) is 0.783. The second-order valence-electron chi connectivity index (χ2n) is 5.60. The van der Waals surface area contributed by atoms with Crippen LogP contribution in [0.2, 0.25) is 0 Å². The minimum Gasteiger partial charge on any atom is -0.461 e. The van der Waals surface area contributed by atoms with Crippen LogP contribution in [0.4, 0.5) is 4.39 Å². The van der Waals surface area contributed by atoms with Gasteiger partial charge in [-0.3, -0.25) is 4.79 Å². The molecule has 4 nitrogen and oxygen atoms in total. The topological polar surface area (TPSA) is 52.1 Å². The molecule has 0 amide bonds. The average Bonchev–Trinajstić information content (AvgIpc) is 2.46. The summed E-state index contributed by atoms with van der Waals surface area (Å²) in [7, 11) is 0. The number of carbonyl (C=O) groups excluding carboxylic acids is 1. The van der Waals surface area contributed by atoms with Gasteiger partial charge in [0.2, 0.25) is 0 Å². The number of ether oxygens (including phenoxy) is 1. The molecule has 0 fully saturated rings. The van der Waals surface area contributed by atoms with E-state index in [1.165, 1.54) is 12.1 Å². The van der Waals surface area contributed by atoms with Gasteiger partial charge in [-0.25, -0.2) is 4.39 Å². The molecule has 0 aliphatic carbocycles. The molecule has 1 heterocycles. The predicted molar refractivity (Wildman–Crippen MR) is 82.7 cm³/mol. The van der Waals surface area contributed by atoms with Crippen molar-refractivity contribution in [2.45, 2.75) is 39.7 Å².